The Balaban J connectivity index is 0.802. The lowest BCUT2D eigenvalue weighted by Crippen LogP contribution is -2.55. The number of benzene rings is 3. The van der Waals surface area contributed by atoms with Crippen LogP contribution in [0.4, 0.5) is 47.7 Å². The number of piperidine rings is 2. The van der Waals surface area contributed by atoms with Crippen LogP contribution < -0.4 is 35.8 Å². The molecule has 15 nitrogen and oxygen atoms in total. The normalized spacial score (nSPS) is 19.5. The van der Waals surface area contributed by atoms with Crippen LogP contribution in [0.3, 0.4) is 0 Å². The van der Waals surface area contributed by atoms with E-state index in [0.717, 1.165) is 56.7 Å². The number of nitrogens with zero attached hydrogens (tertiary/aromatic N) is 7. The largest absolute Gasteiger partial charge is 0.494 e. The van der Waals surface area contributed by atoms with Gasteiger partial charge in [-0.2, -0.15) is 4.98 Å². The lowest BCUT2D eigenvalue weighted by molar-refractivity contribution is -0.137. The van der Waals surface area contributed by atoms with Gasteiger partial charge in [0.25, 0.3) is 0 Å². The van der Waals surface area contributed by atoms with Crippen molar-refractivity contribution in [2.75, 3.05) is 93.2 Å². The number of methoxy groups -OCH3 is 1. The molecule has 5 aromatic rings. The van der Waals surface area contributed by atoms with Crippen molar-refractivity contribution in [1.82, 2.24) is 30.1 Å². The summed E-state index contributed by atoms with van der Waals surface area (Å²) in [6.07, 6.45) is 4.92. The van der Waals surface area contributed by atoms with Crippen molar-refractivity contribution >= 4 is 91.5 Å². The molecular weight excluding hydrogens is 988 g/mol. The zero-order valence-corrected chi connectivity index (χ0v) is 42.4. The first-order valence-electron chi connectivity index (χ1n) is 23.8. The van der Waals surface area contributed by atoms with E-state index in [1.807, 2.05) is 9.80 Å². The van der Waals surface area contributed by atoms with Crippen LogP contribution in [0.15, 0.2) is 53.1 Å². The van der Waals surface area contributed by atoms with Crippen LogP contribution in [0.25, 0.3) is 10.9 Å². The number of ether oxygens (including phenoxy) is 1. The number of imide groups is 1. The predicted octanol–water partition coefficient (Wildman–Crippen LogP) is 7.98. The summed E-state index contributed by atoms with van der Waals surface area (Å²) in [4.78, 5) is 60.0. The van der Waals surface area contributed by atoms with E-state index in [4.69, 9.17) is 9.72 Å². The van der Waals surface area contributed by atoms with E-state index >= 15 is 13.2 Å². The Hall–Kier alpha value is -5.78. The van der Waals surface area contributed by atoms with Crippen molar-refractivity contribution in [2.24, 2.45) is 5.92 Å². The standard InChI is InChI=1S/C50H57BrF3N10O5P/c1-6-29-21-39(58-50-55-26-35(51)47(60-50)57-40-24-38(54)45-34(8-7-28(2)56-45)46(40)70(4,5)68)42(69-3)25-41(29)62-15-12-31(13-16-62)61-17-19-63(20-18-61)49(67)30-11-14-64(27-30)32-22-36(52)44(37(53)23-32)33-9-10-43(65)59-48(33)66/h7-8,21-26,30-31,33H,6,9-20,27H2,1-5H3,(H,59,65,66)(H2,55,57,58,60)/t30-,33-/m1/s1. The van der Waals surface area contributed by atoms with Gasteiger partial charge in [-0.25, -0.2) is 18.2 Å². The zero-order valence-electron chi connectivity index (χ0n) is 39.9. The molecule has 370 valence electrons. The lowest BCUT2D eigenvalue weighted by atomic mass is 9.89. The van der Waals surface area contributed by atoms with Crippen molar-refractivity contribution in [1.29, 1.82) is 0 Å². The summed E-state index contributed by atoms with van der Waals surface area (Å²) in [6, 6.07) is 11.8. The van der Waals surface area contributed by atoms with E-state index in [0.29, 0.717) is 88.1 Å². The number of nitrogens with one attached hydrogen (secondary N) is 3. The number of pyridine rings is 1. The fourth-order valence-corrected chi connectivity index (χ4v) is 12.3. The molecular formula is C50H57BrF3N10O5P. The maximum Gasteiger partial charge on any atom is 0.234 e. The third-order valence-electron chi connectivity index (χ3n) is 14.1. The van der Waals surface area contributed by atoms with Gasteiger partial charge >= 0.3 is 0 Å². The summed E-state index contributed by atoms with van der Waals surface area (Å²) in [5.74, 6) is -3.41. The molecule has 6 heterocycles. The minimum Gasteiger partial charge on any atom is -0.494 e. The minimum absolute atomic E-state index is 0.0202. The minimum atomic E-state index is -2.94. The predicted molar refractivity (Wildman–Crippen MR) is 269 cm³/mol. The molecule has 0 spiro atoms. The topological polar surface area (TPSA) is 165 Å². The average molecular weight is 1050 g/mol. The third kappa shape index (κ3) is 10.1. The molecule has 3 aromatic carbocycles. The number of hydrogen-bond donors (Lipinski definition) is 3. The maximum atomic E-state index is 15.5. The Morgan fingerprint density at radius 1 is 0.886 bits per heavy atom. The first-order chi connectivity index (χ1) is 33.5. The highest BCUT2D eigenvalue weighted by atomic mass is 79.9. The summed E-state index contributed by atoms with van der Waals surface area (Å²) in [7, 11) is -1.31. The molecule has 4 fully saturated rings. The summed E-state index contributed by atoms with van der Waals surface area (Å²) in [5, 5.41) is 9.67. The van der Waals surface area contributed by atoms with Crippen LogP contribution in [-0.2, 0) is 25.4 Å². The zero-order chi connectivity index (χ0) is 49.6. The number of aryl methyl sites for hydroxylation is 2. The number of fused-ring (bicyclic) bond motifs is 1. The van der Waals surface area contributed by atoms with Crippen LogP contribution in [0, 0.1) is 30.3 Å². The van der Waals surface area contributed by atoms with E-state index in [9.17, 15) is 18.9 Å². The molecule has 2 atom stereocenters. The molecule has 3 N–H and O–H groups in total. The molecule has 20 heteroatoms. The van der Waals surface area contributed by atoms with E-state index in [-0.39, 0.29) is 41.7 Å². The molecule has 4 saturated heterocycles. The van der Waals surface area contributed by atoms with Crippen LogP contribution in [0.2, 0.25) is 0 Å². The summed E-state index contributed by atoms with van der Waals surface area (Å²) < 4.78 is 66.2. The summed E-state index contributed by atoms with van der Waals surface area (Å²) >= 11 is 3.53. The second-order valence-corrected chi connectivity index (χ2v) is 23.0. The highest BCUT2D eigenvalue weighted by Crippen LogP contribution is 2.43. The highest BCUT2D eigenvalue weighted by molar-refractivity contribution is 9.10. The first-order valence-corrected chi connectivity index (χ1v) is 27.2. The molecule has 0 radical (unpaired) electrons. The number of aromatic nitrogens is 3. The third-order valence-corrected chi connectivity index (χ3v) is 16.2. The van der Waals surface area contributed by atoms with Gasteiger partial charge in [-0.3, -0.25) is 29.6 Å². The molecule has 4 aliphatic heterocycles. The van der Waals surface area contributed by atoms with Crippen molar-refractivity contribution in [3.8, 4) is 5.75 Å². The summed E-state index contributed by atoms with van der Waals surface area (Å²) in [5.41, 5.74) is 4.05. The first kappa shape index (κ1) is 49.2. The van der Waals surface area contributed by atoms with Gasteiger partial charge in [-0.05, 0) is 98.1 Å². The van der Waals surface area contributed by atoms with Crippen LogP contribution in [0.1, 0.15) is 61.8 Å². The number of halogens is 4. The quantitative estimate of drug-likeness (QED) is 0.0815. The van der Waals surface area contributed by atoms with E-state index in [1.54, 1.807) is 45.7 Å². The Morgan fingerprint density at radius 2 is 1.60 bits per heavy atom. The van der Waals surface area contributed by atoms with Crippen molar-refractivity contribution in [3.05, 3.63) is 87.4 Å². The maximum absolute atomic E-state index is 15.5. The molecule has 70 heavy (non-hydrogen) atoms. The van der Waals surface area contributed by atoms with Gasteiger partial charge in [0.05, 0.1) is 34.8 Å². The van der Waals surface area contributed by atoms with Crippen LogP contribution in [0.5, 0.6) is 5.75 Å². The molecule has 3 amide bonds. The molecule has 2 aromatic heterocycles. The molecule has 0 unspecified atom stereocenters. The van der Waals surface area contributed by atoms with Gasteiger partial charge in [0, 0.05) is 116 Å². The Bertz CT molecular complexity index is 2900. The van der Waals surface area contributed by atoms with E-state index < -0.39 is 42.3 Å². The van der Waals surface area contributed by atoms with Crippen molar-refractivity contribution in [2.45, 2.75) is 64.3 Å². The Labute approximate surface area is 413 Å². The molecule has 0 saturated carbocycles. The molecule has 9 rings (SSSR count). The van der Waals surface area contributed by atoms with E-state index in [2.05, 4.69) is 70.7 Å². The number of piperazine rings is 1. The number of anilines is 6. The van der Waals surface area contributed by atoms with Crippen molar-refractivity contribution in [3.63, 3.8) is 0 Å². The number of rotatable bonds is 12. The average Bonchev–Trinajstić information content (AvgIpc) is 3.83. The van der Waals surface area contributed by atoms with Crippen LogP contribution in [-0.4, -0.2) is 121 Å². The van der Waals surface area contributed by atoms with E-state index in [1.165, 1.54) is 18.2 Å². The fourth-order valence-electron chi connectivity index (χ4n) is 10.5. The second-order valence-electron chi connectivity index (χ2n) is 19.0. The van der Waals surface area contributed by atoms with Gasteiger partial charge in [0.15, 0.2) is 5.82 Å². The highest BCUT2D eigenvalue weighted by Gasteiger charge is 2.37. The number of carbonyl (C=O) groups is 3. The number of carbonyl (C=O) groups excluding carboxylic acids is 3. The Kier molecular flexibility index (Phi) is 14.2. The van der Waals surface area contributed by atoms with Gasteiger partial charge in [0.2, 0.25) is 23.7 Å². The number of amides is 3. The molecule has 0 bridgehead atoms. The smallest absolute Gasteiger partial charge is 0.234 e. The number of hydrogen-bond acceptors (Lipinski definition) is 13. The lowest BCUT2D eigenvalue weighted by Gasteiger charge is -2.44. The van der Waals surface area contributed by atoms with Gasteiger partial charge in [-0.15, -0.1) is 0 Å². The van der Waals surface area contributed by atoms with Gasteiger partial charge in [-0.1, -0.05) is 13.0 Å². The Morgan fingerprint density at radius 3 is 2.27 bits per heavy atom. The van der Waals surface area contributed by atoms with Crippen molar-refractivity contribution < 1.29 is 36.9 Å². The molecule has 0 aliphatic carbocycles. The molecule has 4 aliphatic rings. The monoisotopic (exact) mass is 1040 g/mol. The van der Waals surface area contributed by atoms with Crippen LogP contribution >= 0.6 is 23.1 Å². The SMILES string of the molecule is CCc1cc(Nc2ncc(Br)c(Nc3cc(F)c4nc(C)ccc4c3P(C)(C)=O)n2)c(OC)cc1N1CCC(N2CCN(C(=O)[C@@H]3CCN(c4cc(F)c([C@H]5CCC(=O)NC5=O)c(F)c4)C3)CC2)CC1. The van der Waals surface area contributed by atoms with Gasteiger partial charge < -0.3 is 34.6 Å². The summed E-state index contributed by atoms with van der Waals surface area (Å²) in [6.45, 7) is 12.5. The second kappa shape index (κ2) is 20.1. The van der Waals surface area contributed by atoms with Gasteiger partial charge in [0.1, 0.15) is 35.9 Å². The fraction of sp³-hybridized carbons (Fsp3) is 0.440.